The minimum Gasteiger partial charge on any atom is -0.479 e. The molecular formula is C33H26FN5O7S. The molecule has 6 aromatic rings. The smallest absolute Gasteiger partial charge is 0.439 e. The van der Waals surface area contributed by atoms with Crippen molar-refractivity contribution >= 4 is 39.4 Å². The summed E-state index contributed by atoms with van der Waals surface area (Å²) in [4.78, 5) is 59.3. The van der Waals surface area contributed by atoms with Gasteiger partial charge in [0.15, 0.2) is 12.4 Å². The number of aromatic nitrogens is 4. The van der Waals surface area contributed by atoms with Gasteiger partial charge in [0.2, 0.25) is 0 Å². The van der Waals surface area contributed by atoms with E-state index in [1.54, 1.807) is 6.07 Å². The number of hydrogen-bond donors (Lipinski definition) is 3. The molecule has 0 saturated heterocycles. The molecule has 6 rings (SSSR count). The van der Waals surface area contributed by atoms with E-state index >= 15 is 0 Å². The summed E-state index contributed by atoms with van der Waals surface area (Å²) in [5, 5.41) is 13.2. The Bertz CT molecular complexity index is 2300. The van der Waals surface area contributed by atoms with E-state index in [4.69, 9.17) is 9.94 Å². The number of hydrogen-bond acceptors (Lipinski definition) is 9. The number of benzene rings is 3. The highest BCUT2D eigenvalue weighted by Gasteiger charge is 2.18. The fourth-order valence-corrected chi connectivity index (χ4v) is 6.08. The Labute approximate surface area is 268 Å². The predicted octanol–water partition coefficient (Wildman–Crippen LogP) is 4.55. The first-order valence-electron chi connectivity index (χ1n) is 14.3. The van der Waals surface area contributed by atoms with Crippen molar-refractivity contribution in [1.82, 2.24) is 24.8 Å². The number of aliphatic carboxylic acids is 1. The van der Waals surface area contributed by atoms with Crippen molar-refractivity contribution in [2.45, 2.75) is 19.9 Å². The van der Waals surface area contributed by atoms with Crippen LogP contribution >= 0.6 is 11.3 Å². The first-order valence-corrected chi connectivity index (χ1v) is 15.1. The number of carboxylic acid groups (broad SMARTS) is 1. The molecule has 0 fully saturated rings. The molecule has 0 bridgehead atoms. The number of thiophene rings is 1. The summed E-state index contributed by atoms with van der Waals surface area (Å²) in [5.74, 6) is -2.12. The molecule has 3 aromatic carbocycles. The molecule has 3 N–H and O–H groups in total. The molecule has 0 aliphatic heterocycles. The van der Waals surface area contributed by atoms with Crippen LogP contribution in [-0.2, 0) is 22.6 Å². The summed E-state index contributed by atoms with van der Waals surface area (Å²) >= 11 is 1.35. The molecule has 0 amide bonds. The average Bonchev–Trinajstić information content (AvgIpc) is 3.71. The van der Waals surface area contributed by atoms with Crippen molar-refractivity contribution in [2.24, 2.45) is 0 Å². The molecule has 0 aliphatic carbocycles. The fourth-order valence-electron chi connectivity index (χ4n) is 5.00. The molecule has 3 aromatic heterocycles. The third kappa shape index (κ3) is 6.59. The highest BCUT2D eigenvalue weighted by atomic mass is 32.1. The Morgan fingerprint density at radius 2 is 1.79 bits per heavy atom. The number of carboxylic acids is 1. The molecule has 0 aliphatic rings. The number of fused-ring (bicyclic) bond motifs is 1. The van der Waals surface area contributed by atoms with Gasteiger partial charge in [-0.05, 0) is 53.4 Å². The van der Waals surface area contributed by atoms with Crippen molar-refractivity contribution < 1.29 is 23.7 Å². The van der Waals surface area contributed by atoms with Crippen molar-refractivity contribution in [1.29, 1.82) is 0 Å². The van der Waals surface area contributed by atoms with E-state index in [9.17, 15) is 23.6 Å². The Morgan fingerprint density at radius 1 is 1.06 bits per heavy atom. The van der Waals surface area contributed by atoms with E-state index in [-0.39, 0.29) is 12.2 Å². The van der Waals surface area contributed by atoms with Crippen LogP contribution in [-0.4, -0.2) is 37.0 Å². The Hall–Kier alpha value is -5.86. The second kappa shape index (κ2) is 13.2. The number of nitrogens with zero attached hydrogens (tertiary/aromatic N) is 3. The van der Waals surface area contributed by atoms with Crippen LogP contribution in [0.1, 0.15) is 22.9 Å². The molecule has 0 unspecified atom stereocenters. The number of hydroxylamine groups is 1. The van der Waals surface area contributed by atoms with Crippen molar-refractivity contribution in [3.05, 3.63) is 132 Å². The van der Waals surface area contributed by atoms with E-state index in [1.807, 2.05) is 55.5 Å². The Morgan fingerprint density at radius 3 is 2.45 bits per heavy atom. The topological polar surface area (TPSA) is 161 Å². The van der Waals surface area contributed by atoms with Crippen molar-refractivity contribution in [3.8, 4) is 22.5 Å². The van der Waals surface area contributed by atoms with Gasteiger partial charge in [-0.15, -0.1) is 11.3 Å². The van der Waals surface area contributed by atoms with Crippen LogP contribution in [0.25, 0.3) is 44.6 Å². The number of nitrogens with one attached hydrogen (secondary N) is 2. The second-order valence-electron chi connectivity index (χ2n) is 10.3. The molecule has 47 heavy (non-hydrogen) atoms. The lowest BCUT2D eigenvalue weighted by atomic mass is 9.98. The van der Waals surface area contributed by atoms with Crippen LogP contribution < -0.4 is 22.5 Å². The normalized spacial score (nSPS) is 11.7. The highest BCUT2D eigenvalue weighted by molar-refractivity contribution is 7.18. The lowest BCUT2D eigenvalue weighted by Gasteiger charge is -2.14. The van der Waals surface area contributed by atoms with Crippen LogP contribution in [0.3, 0.4) is 0 Å². The Kier molecular flexibility index (Phi) is 8.77. The number of rotatable bonds is 11. The summed E-state index contributed by atoms with van der Waals surface area (Å²) in [6.45, 7) is 1.37. The zero-order chi connectivity index (χ0) is 33.1. The molecule has 0 atom stereocenters. The minimum absolute atomic E-state index is 0.0683. The lowest BCUT2D eigenvalue weighted by Crippen LogP contribution is -2.37. The number of halogens is 1. The fraction of sp³-hybridized carbons (Fsp3) is 0.121. The summed E-state index contributed by atoms with van der Waals surface area (Å²) in [6.07, 6.45) is 1.87. The van der Waals surface area contributed by atoms with Crippen LogP contribution in [0.2, 0.25) is 0 Å². The van der Waals surface area contributed by atoms with Crippen molar-refractivity contribution in [2.75, 3.05) is 6.61 Å². The van der Waals surface area contributed by atoms with Crippen LogP contribution in [0, 0.1) is 5.82 Å². The summed E-state index contributed by atoms with van der Waals surface area (Å²) in [6, 6.07) is 21.8. The van der Waals surface area contributed by atoms with E-state index in [0.29, 0.717) is 33.6 Å². The zero-order valence-corrected chi connectivity index (χ0v) is 25.5. The lowest BCUT2D eigenvalue weighted by molar-refractivity contribution is -0.143. The SMILES string of the molecule is CCc1cc2c(=O)n(C=C(NOCC(=O)O)c3ccc(F)cc3)c(=O)n(Cc3ccc(-c4ccccc4-c4noc(=O)[nH]4)cc3)c2s1. The van der Waals surface area contributed by atoms with Crippen molar-refractivity contribution in [3.63, 3.8) is 0 Å². The molecule has 0 saturated carbocycles. The van der Waals surface area contributed by atoms with Gasteiger partial charge in [0.05, 0.1) is 17.6 Å². The maximum Gasteiger partial charge on any atom is 0.439 e. The maximum atomic E-state index is 14.0. The predicted molar refractivity (Wildman–Crippen MR) is 174 cm³/mol. The van der Waals surface area contributed by atoms with Crippen LogP contribution in [0.15, 0.2) is 97.8 Å². The first kappa shape index (κ1) is 31.1. The molecule has 14 heteroatoms. The van der Waals surface area contributed by atoms with E-state index in [0.717, 1.165) is 26.1 Å². The highest BCUT2D eigenvalue weighted by Crippen LogP contribution is 2.30. The molecule has 12 nitrogen and oxygen atoms in total. The van der Waals surface area contributed by atoms with E-state index in [1.165, 1.54) is 46.4 Å². The number of aryl methyl sites for hydroxylation is 1. The minimum atomic E-state index is -1.25. The third-order valence-corrected chi connectivity index (χ3v) is 8.56. The second-order valence-corrected chi connectivity index (χ2v) is 11.5. The maximum absolute atomic E-state index is 14.0. The third-order valence-electron chi connectivity index (χ3n) is 7.26. The largest absolute Gasteiger partial charge is 0.479 e. The van der Waals surface area contributed by atoms with Gasteiger partial charge in [-0.2, -0.15) is 0 Å². The monoisotopic (exact) mass is 655 g/mol. The standard InChI is InChI=1S/C33H26FN5O7S/c1-2-23-15-26-30(42)38(17-27(36-45-18-28(40)41)21-11-13-22(34)14-12-21)33(44)39(31(26)47-23)16-19-7-9-20(10-8-19)24-5-3-4-6-25(24)29-35-32(43)46-37-29/h3-15,17,36H,2,16,18H2,1H3,(H,40,41)(H,35,37,43). The summed E-state index contributed by atoms with van der Waals surface area (Å²) in [7, 11) is 0. The van der Waals surface area contributed by atoms with Gasteiger partial charge < -0.3 is 5.11 Å². The Balaban J connectivity index is 1.42. The quantitative estimate of drug-likeness (QED) is 0.170. The van der Waals surface area contributed by atoms with E-state index in [2.05, 4.69) is 20.1 Å². The van der Waals surface area contributed by atoms with Gasteiger partial charge >= 0.3 is 17.4 Å². The summed E-state index contributed by atoms with van der Waals surface area (Å²) in [5.41, 5.74) is 4.76. The van der Waals surface area contributed by atoms with E-state index < -0.39 is 35.4 Å². The first-order chi connectivity index (χ1) is 22.7. The van der Waals surface area contributed by atoms with Gasteiger partial charge in [0.25, 0.3) is 5.56 Å². The summed E-state index contributed by atoms with van der Waals surface area (Å²) < 4.78 is 20.8. The van der Waals surface area contributed by atoms with Gasteiger partial charge in [-0.1, -0.05) is 60.6 Å². The molecule has 0 spiro atoms. The average molecular weight is 656 g/mol. The number of carbonyl (C=O) groups is 1. The van der Waals surface area contributed by atoms with Gasteiger partial charge in [0.1, 0.15) is 10.6 Å². The molecular weight excluding hydrogens is 629 g/mol. The molecule has 3 heterocycles. The van der Waals surface area contributed by atoms with Crippen LogP contribution in [0.5, 0.6) is 0 Å². The van der Waals surface area contributed by atoms with Crippen LogP contribution in [0.4, 0.5) is 4.39 Å². The van der Waals surface area contributed by atoms with Gasteiger partial charge in [-0.3, -0.25) is 29.2 Å². The molecule has 238 valence electrons. The van der Waals surface area contributed by atoms with Gasteiger partial charge in [0, 0.05) is 22.2 Å². The number of aromatic amines is 1. The molecule has 0 radical (unpaired) electrons. The van der Waals surface area contributed by atoms with Gasteiger partial charge in [-0.25, -0.2) is 23.3 Å². The number of H-pyrrole nitrogens is 1. The zero-order valence-electron chi connectivity index (χ0n) is 24.7.